The number of phenols is 1. The van der Waals surface area contributed by atoms with Crippen LogP contribution in [-0.4, -0.2) is 29.7 Å². The Bertz CT molecular complexity index is 866. The summed E-state index contributed by atoms with van der Waals surface area (Å²) in [6.07, 6.45) is 1.49. The fraction of sp³-hybridized carbons (Fsp3) is 0.250. The third-order valence-corrected chi connectivity index (χ3v) is 4.27. The van der Waals surface area contributed by atoms with Crippen molar-refractivity contribution in [3.63, 3.8) is 0 Å². The van der Waals surface area contributed by atoms with E-state index in [2.05, 4.69) is 31.8 Å². The summed E-state index contributed by atoms with van der Waals surface area (Å²) in [4.78, 5) is 23.7. The Kier molecular flexibility index (Phi) is 8.01. The van der Waals surface area contributed by atoms with E-state index in [1.165, 1.54) is 6.21 Å². The molecular weight excluding hydrogens is 426 g/mol. The summed E-state index contributed by atoms with van der Waals surface area (Å²) in [5.41, 5.74) is 4.80. The van der Waals surface area contributed by atoms with E-state index in [-0.39, 0.29) is 30.4 Å². The number of anilines is 1. The predicted octanol–water partition coefficient (Wildman–Crippen LogP) is 3.73. The number of amides is 2. The van der Waals surface area contributed by atoms with Crippen molar-refractivity contribution in [1.82, 2.24) is 5.43 Å². The minimum absolute atomic E-state index is 0.00243. The Morgan fingerprint density at radius 2 is 1.86 bits per heavy atom. The summed E-state index contributed by atoms with van der Waals surface area (Å²) >= 11 is 3.24. The van der Waals surface area contributed by atoms with E-state index in [1.54, 1.807) is 12.1 Å². The van der Waals surface area contributed by atoms with Crippen molar-refractivity contribution in [3.8, 4) is 11.5 Å². The lowest BCUT2D eigenvalue weighted by atomic mass is 10.2. The molecule has 148 valence electrons. The number of phenolic OH excluding ortho intramolecular Hbond substituents is 1. The van der Waals surface area contributed by atoms with Gasteiger partial charge >= 0.3 is 0 Å². The van der Waals surface area contributed by atoms with Gasteiger partial charge in [0.25, 0.3) is 0 Å². The van der Waals surface area contributed by atoms with E-state index in [0.29, 0.717) is 28.1 Å². The normalized spacial score (nSPS) is 10.7. The number of nitrogens with one attached hydrogen (secondary N) is 2. The number of carbonyl (C=O) groups excluding carboxylic acids is 2. The zero-order valence-electron chi connectivity index (χ0n) is 15.7. The number of carbonyl (C=O) groups is 2. The molecule has 0 bridgehead atoms. The Morgan fingerprint density at radius 1 is 1.18 bits per heavy atom. The van der Waals surface area contributed by atoms with Crippen LogP contribution in [0.1, 0.15) is 30.9 Å². The van der Waals surface area contributed by atoms with Crippen LogP contribution in [0, 0.1) is 6.92 Å². The third kappa shape index (κ3) is 6.70. The van der Waals surface area contributed by atoms with E-state index < -0.39 is 0 Å². The minimum Gasteiger partial charge on any atom is -0.503 e. The highest BCUT2D eigenvalue weighted by atomic mass is 79.9. The molecule has 0 spiro atoms. The number of aromatic hydroxyl groups is 1. The van der Waals surface area contributed by atoms with Crippen LogP contribution in [0.15, 0.2) is 46.0 Å². The van der Waals surface area contributed by atoms with Crippen LogP contribution >= 0.6 is 15.9 Å². The first-order valence-electron chi connectivity index (χ1n) is 8.72. The zero-order chi connectivity index (χ0) is 20.5. The quantitative estimate of drug-likeness (QED) is 0.423. The number of hydrogen-bond acceptors (Lipinski definition) is 5. The summed E-state index contributed by atoms with van der Waals surface area (Å²) in [6, 6.07) is 10.7. The lowest BCUT2D eigenvalue weighted by molar-refractivity contribution is -0.124. The van der Waals surface area contributed by atoms with Gasteiger partial charge in [-0.25, -0.2) is 5.43 Å². The third-order valence-electron chi connectivity index (χ3n) is 3.67. The first-order valence-corrected chi connectivity index (χ1v) is 9.52. The predicted molar refractivity (Wildman–Crippen MR) is 112 cm³/mol. The molecule has 0 heterocycles. The molecule has 0 aromatic heterocycles. The number of hydrogen-bond donors (Lipinski definition) is 3. The van der Waals surface area contributed by atoms with Gasteiger partial charge in [0.1, 0.15) is 0 Å². The smallest absolute Gasteiger partial charge is 0.240 e. The highest BCUT2D eigenvalue weighted by molar-refractivity contribution is 9.10. The van der Waals surface area contributed by atoms with Crippen LogP contribution in [-0.2, 0) is 9.59 Å². The van der Waals surface area contributed by atoms with Gasteiger partial charge in [0.15, 0.2) is 11.5 Å². The van der Waals surface area contributed by atoms with E-state index in [0.717, 1.165) is 5.56 Å². The van der Waals surface area contributed by atoms with E-state index in [4.69, 9.17) is 4.74 Å². The monoisotopic (exact) mass is 447 g/mol. The SMILES string of the molecule is CCOc1cc(C=NNC(=O)CCC(=O)Nc2ccc(C)cc2)cc(Br)c1O. The molecule has 0 unspecified atom stereocenters. The highest BCUT2D eigenvalue weighted by Gasteiger charge is 2.09. The van der Waals surface area contributed by atoms with Crippen LogP contribution in [0.2, 0.25) is 0 Å². The number of aryl methyl sites for hydroxylation is 1. The van der Waals surface area contributed by atoms with E-state index in [9.17, 15) is 14.7 Å². The van der Waals surface area contributed by atoms with Crippen molar-refractivity contribution in [2.45, 2.75) is 26.7 Å². The first-order chi connectivity index (χ1) is 13.4. The molecule has 0 aliphatic heterocycles. The topological polar surface area (TPSA) is 100 Å². The first kappa shape index (κ1) is 21.4. The molecule has 0 fully saturated rings. The number of nitrogens with zero attached hydrogens (tertiary/aromatic N) is 1. The summed E-state index contributed by atoms with van der Waals surface area (Å²) < 4.78 is 5.79. The van der Waals surface area contributed by atoms with Gasteiger partial charge in [0.05, 0.1) is 17.3 Å². The van der Waals surface area contributed by atoms with Gasteiger partial charge in [0, 0.05) is 18.5 Å². The molecule has 3 N–H and O–H groups in total. The molecule has 8 heteroatoms. The van der Waals surface area contributed by atoms with Gasteiger partial charge in [0.2, 0.25) is 11.8 Å². The number of halogens is 1. The summed E-state index contributed by atoms with van der Waals surface area (Å²) in [5, 5.41) is 16.5. The Balaban J connectivity index is 1.81. The van der Waals surface area contributed by atoms with Gasteiger partial charge in [-0.1, -0.05) is 17.7 Å². The lowest BCUT2D eigenvalue weighted by Gasteiger charge is -2.08. The Morgan fingerprint density at radius 3 is 2.54 bits per heavy atom. The highest BCUT2D eigenvalue weighted by Crippen LogP contribution is 2.35. The molecular formula is C20H22BrN3O4. The number of hydrazone groups is 1. The maximum absolute atomic E-state index is 11.9. The van der Waals surface area contributed by atoms with Crippen LogP contribution in [0.4, 0.5) is 5.69 Å². The molecule has 0 atom stereocenters. The van der Waals surface area contributed by atoms with Crippen molar-refractivity contribution < 1.29 is 19.4 Å². The van der Waals surface area contributed by atoms with Crippen molar-refractivity contribution in [1.29, 1.82) is 0 Å². The Labute approximate surface area is 171 Å². The van der Waals surface area contributed by atoms with Crippen LogP contribution in [0.5, 0.6) is 11.5 Å². The van der Waals surface area contributed by atoms with Crippen LogP contribution in [0.25, 0.3) is 0 Å². The molecule has 0 aliphatic rings. The van der Waals surface area contributed by atoms with Crippen molar-refractivity contribution in [2.24, 2.45) is 5.10 Å². The largest absolute Gasteiger partial charge is 0.503 e. The minimum atomic E-state index is -0.377. The molecule has 0 aliphatic carbocycles. The number of ether oxygens (including phenoxy) is 1. The number of rotatable bonds is 8. The Hall–Kier alpha value is -2.87. The molecule has 2 aromatic carbocycles. The molecule has 2 amide bonds. The second-order valence-electron chi connectivity index (χ2n) is 5.99. The fourth-order valence-corrected chi connectivity index (χ4v) is 2.72. The molecule has 0 saturated carbocycles. The fourth-order valence-electron chi connectivity index (χ4n) is 2.26. The summed E-state index contributed by atoms with van der Waals surface area (Å²) in [6.45, 7) is 4.18. The van der Waals surface area contributed by atoms with Crippen molar-refractivity contribution >= 4 is 39.6 Å². The average molecular weight is 448 g/mol. The van der Waals surface area contributed by atoms with Crippen molar-refractivity contribution in [3.05, 3.63) is 52.0 Å². The molecule has 28 heavy (non-hydrogen) atoms. The van der Waals surface area contributed by atoms with Crippen LogP contribution < -0.4 is 15.5 Å². The molecule has 2 rings (SSSR count). The summed E-state index contributed by atoms with van der Waals surface area (Å²) in [7, 11) is 0. The molecule has 2 aromatic rings. The standard InChI is InChI=1S/C20H22BrN3O4/c1-3-28-17-11-14(10-16(21)20(17)27)12-22-24-19(26)9-8-18(25)23-15-6-4-13(2)5-7-15/h4-7,10-12,27H,3,8-9H2,1-2H3,(H,23,25)(H,24,26). The maximum Gasteiger partial charge on any atom is 0.240 e. The number of benzene rings is 2. The van der Waals surface area contributed by atoms with Crippen LogP contribution in [0.3, 0.4) is 0 Å². The van der Waals surface area contributed by atoms with Gasteiger partial charge in [-0.05, 0) is 59.6 Å². The molecule has 7 nitrogen and oxygen atoms in total. The van der Waals surface area contributed by atoms with Gasteiger partial charge in [-0.3, -0.25) is 9.59 Å². The second kappa shape index (κ2) is 10.5. The van der Waals surface area contributed by atoms with E-state index in [1.807, 2.05) is 38.1 Å². The average Bonchev–Trinajstić information content (AvgIpc) is 2.66. The van der Waals surface area contributed by atoms with Crippen molar-refractivity contribution in [2.75, 3.05) is 11.9 Å². The van der Waals surface area contributed by atoms with Gasteiger partial charge in [-0.2, -0.15) is 5.10 Å². The zero-order valence-corrected chi connectivity index (χ0v) is 17.2. The van der Waals surface area contributed by atoms with E-state index >= 15 is 0 Å². The van der Waals surface area contributed by atoms with Gasteiger partial charge < -0.3 is 15.2 Å². The second-order valence-corrected chi connectivity index (χ2v) is 6.84. The molecule has 0 saturated heterocycles. The maximum atomic E-state index is 11.9. The van der Waals surface area contributed by atoms with Gasteiger partial charge in [-0.15, -0.1) is 0 Å². The lowest BCUT2D eigenvalue weighted by Crippen LogP contribution is -2.20. The molecule has 0 radical (unpaired) electrons. The summed E-state index contributed by atoms with van der Waals surface area (Å²) in [5.74, 6) is -0.301.